The molecule has 0 aliphatic rings. The van der Waals surface area contributed by atoms with E-state index in [2.05, 4.69) is 10.3 Å². The Kier molecular flexibility index (Phi) is 3.36. The van der Waals surface area contributed by atoms with Crippen molar-refractivity contribution in [1.82, 2.24) is 4.98 Å². The maximum atomic E-state index is 13.5. The minimum Gasteiger partial charge on any atom is -0.380 e. The van der Waals surface area contributed by atoms with E-state index in [9.17, 15) is 4.39 Å². The monoisotopic (exact) mass is 292 g/mol. The molecule has 3 rings (SSSR count). The highest BCUT2D eigenvalue weighted by molar-refractivity contribution is 7.17. The van der Waals surface area contributed by atoms with Crippen LogP contribution in [0.15, 0.2) is 41.8 Å². The Morgan fingerprint density at radius 2 is 2.11 bits per heavy atom. The lowest BCUT2D eigenvalue weighted by Gasteiger charge is -2.08. The molecule has 19 heavy (non-hydrogen) atoms. The average molecular weight is 293 g/mol. The summed E-state index contributed by atoms with van der Waals surface area (Å²) >= 11 is 7.56. The molecule has 0 saturated carbocycles. The summed E-state index contributed by atoms with van der Waals surface area (Å²) in [4.78, 5) is 4.23. The molecule has 0 aliphatic carbocycles. The van der Waals surface area contributed by atoms with Crippen molar-refractivity contribution in [3.8, 4) is 0 Å². The second-order valence-electron chi connectivity index (χ2n) is 4.07. The smallest absolute Gasteiger partial charge is 0.131 e. The average Bonchev–Trinajstić information content (AvgIpc) is 2.85. The van der Waals surface area contributed by atoms with Crippen LogP contribution in [0.5, 0.6) is 0 Å². The molecule has 0 amide bonds. The van der Waals surface area contributed by atoms with Crippen LogP contribution >= 0.6 is 22.9 Å². The van der Waals surface area contributed by atoms with E-state index in [0.29, 0.717) is 17.3 Å². The van der Waals surface area contributed by atoms with Gasteiger partial charge < -0.3 is 5.32 Å². The van der Waals surface area contributed by atoms with Crippen molar-refractivity contribution < 1.29 is 4.39 Å². The van der Waals surface area contributed by atoms with Crippen molar-refractivity contribution in [3.05, 3.63) is 58.3 Å². The predicted octanol–water partition coefficient (Wildman–Crippen LogP) is 4.70. The number of aromatic nitrogens is 1. The summed E-state index contributed by atoms with van der Waals surface area (Å²) in [5.74, 6) is -0.211. The summed E-state index contributed by atoms with van der Waals surface area (Å²) in [6, 6.07) is 10.4. The molecule has 3 aromatic rings. The Balaban J connectivity index is 1.90. The zero-order chi connectivity index (χ0) is 13.2. The molecule has 0 fully saturated rings. The first-order valence-electron chi connectivity index (χ1n) is 5.75. The highest BCUT2D eigenvalue weighted by Gasteiger charge is 2.07. The molecule has 2 aromatic heterocycles. The highest BCUT2D eigenvalue weighted by Crippen LogP contribution is 2.30. The van der Waals surface area contributed by atoms with Gasteiger partial charge in [-0.25, -0.2) is 9.37 Å². The summed E-state index contributed by atoms with van der Waals surface area (Å²) in [5, 5.41) is 5.61. The molecule has 0 bridgehead atoms. The van der Waals surface area contributed by atoms with Crippen molar-refractivity contribution in [2.45, 2.75) is 6.54 Å². The van der Waals surface area contributed by atoms with E-state index in [0.717, 1.165) is 15.9 Å². The summed E-state index contributed by atoms with van der Waals surface area (Å²) < 4.78 is 14.6. The van der Waals surface area contributed by atoms with E-state index in [1.165, 1.54) is 6.07 Å². The zero-order valence-corrected chi connectivity index (χ0v) is 11.4. The van der Waals surface area contributed by atoms with Crippen LogP contribution in [0.1, 0.15) is 5.56 Å². The Labute approximate surface area is 118 Å². The lowest BCUT2D eigenvalue weighted by Crippen LogP contribution is -2.02. The number of rotatable bonds is 3. The van der Waals surface area contributed by atoms with Crippen LogP contribution in [0.25, 0.3) is 10.2 Å². The standard InChI is InChI=1S/C14H10ClFN2S/c15-13-7-12(14-11(18-13)5-6-19-14)17-8-9-3-1-2-4-10(9)16/h1-7H,8H2,(H,17,18). The van der Waals surface area contributed by atoms with Crippen molar-refractivity contribution >= 4 is 38.8 Å². The van der Waals surface area contributed by atoms with Gasteiger partial charge in [-0.15, -0.1) is 11.3 Å². The van der Waals surface area contributed by atoms with Gasteiger partial charge in [0.05, 0.1) is 15.9 Å². The lowest BCUT2D eigenvalue weighted by atomic mass is 10.2. The fourth-order valence-electron chi connectivity index (χ4n) is 1.89. The van der Waals surface area contributed by atoms with Crippen LogP contribution in [0.4, 0.5) is 10.1 Å². The number of nitrogens with zero attached hydrogens (tertiary/aromatic N) is 1. The number of hydrogen-bond acceptors (Lipinski definition) is 3. The fourth-order valence-corrected chi connectivity index (χ4v) is 2.91. The summed E-state index contributed by atoms with van der Waals surface area (Å²) in [7, 11) is 0. The highest BCUT2D eigenvalue weighted by atomic mass is 35.5. The van der Waals surface area contributed by atoms with E-state index in [-0.39, 0.29) is 5.82 Å². The van der Waals surface area contributed by atoms with Gasteiger partial charge in [-0.1, -0.05) is 29.8 Å². The molecule has 5 heteroatoms. The third kappa shape index (κ3) is 2.55. The molecule has 2 heterocycles. The first-order valence-corrected chi connectivity index (χ1v) is 7.01. The SMILES string of the molecule is Fc1ccccc1CNc1cc(Cl)nc2ccsc12. The molecule has 0 saturated heterocycles. The van der Waals surface area contributed by atoms with Gasteiger partial charge in [0.1, 0.15) is 11.0 Å². The van der Waals surface area contributed by atoms with Crippen molar-refractivity contribution in [1.29, 1.82) is 0 Å². The normalized spacial score (nSPS) is 10.8. The van der Waals surface area contributed by atoms with Crippen LogP contribution in [0.2, 0.25) is 5.15 Å². The first-order chi connectivity index (χ1) is 9.24. The topological polar surface area (TPSA) is 24.9 Å². The van der Waals surface area contributed by atoms with Gasteiger partial charge in [0.15, 0.2) is 0 Å². The maximum Gasteiger partial charge on any atom is 0.131 e. The van der Waals surface area contributed by atoms with Gasteiger partial charge >= 0.3 is 0 Å². The Morgan fingerprint density at radius 1 is 1.26 bits per heavy atom. The van der Waals surface area contributed by atoms with Gasteiger partial charge in [-0.3, -0.25) is 0 Å². The van der Waals surface area contributed by atoms with Crippen LogP contribution in [-0.4, -0.2) is 4.98 Å². The molecule has 0 unspecified atom stereocenters. The predicted molar refractivity (Wildman–Crippen MR) is 78.4 cm³/mol. The number of pyridine rings is 1. The van der Waals surface area contributed by atoms with Crippen molar-refractivity contribution in [3.63, 3.8) is 0 Å². The summed E-state index contributed by atoms with van der Waals surface area (Å²) in [6.45, 7) is 0.417. The van der Waals surface area contributed by atoms with Gasteiger partial charge in [-0.05, 0) is 17.5 Å². The van der Waals surface area contributed by atoms with Gasteiger partial charge in [0.25, 0.3) is 0 Å². The van der Waals surface area contributed by atoms with Crippen LogP contribution in [0, 0.1) is 5.82 Å². The third-order valence-electron chi connectivity index (χ3n) is 2.81. The van der Waals surface area contributed by atoms with E-state index >= 15 is 0 Å². The Hall–Kier alpha value is -1.65. The molecular weight excluding hydrogens is 283 g/mol. The second kappa shape index (κ2) is 5.15. The van der Waals surface area contributed by atoms with Crippen LogP contribution in [0.3, 0.4) is 0 Å². The van der Waals surface area contributed by atoms with E-state index < -0.39 is 0 Å². The number of thiophene rings is 1. The fraction of sp³-hybridized carbons (Fsp3) is 0.0714. The lowest BCUT2D eigenvalue weighted by molar-refractivity contribution is 0.613. The number of benzene rings is 1. The molecular formula is C14H10ClFN2S. The summed E-state index contributed by atoms with van der Waals surface area (Å²) in [6.07, 6.45) is 0. The van der Waals surface area contributed by atoms with Crippen LogP contribution < -0.4 is 5.32 Å². The third-order valence-corrected chi connectivity index (χ3v) is 3.94. The number of anilines is 1. The van der Waals surface area contributed by atoms with Crippen molar-refractivity contribution in [2.75, 3.05) is 5.32 Å². The molecule has 0 radical (unpaired) electrons. The Morgan fingerprint density at radius 3 is 2.95 bits per heavy atom. The van der Waals surface area contributed by atoms with E-state index in [4.69, 9.17) is 11.6 Å². The van der Waals surface area contributed by atoms with Crippen LogP contribution in [-0.2, 0) is 6.54 Å². The first kappa shape index (κ1) is 12.4. The second-order valence-corrected chi connectivity index (χ2v) is 5.38. The van der Waals surface area contributed by atoms with Gasteiger partial charge in [0, 0.05) is 18.2 Å². The molecule has 1 N–H and O–H groups in total. The minimum atomic E-state index is -0.211. The molecule has 96 valence electrons. The van der Waals surface area contributed by atoms with E-state index in [1.807, 2.05) is 17.5 Å². The maximum absolute atomic E-state index is 13.5. The number of fused-ring (bicyclic) bond motifs is 1. The van der Waals surface area contributed by atoms with Gasteiger partial charge in [-0.2, -0.15) is 0 Å². The molecule has 1 aromatic carbocycles. The quantitative estimate of drug-likeness (QED) is 0.708. The molecule has 0 aliphatic heterocycles. The number of halogens is 2. The van der Waals surface area contributed by atoms with Gasteiger partial charge in [0.2, 0.25) is 0 Å². The molecule has 0 spiro atoms. The number of hydrogen-bond donors (Lipinski definition) is 1. The zero-order valence-electron chi connectivity index (χ0n) is 9.86. The van der Waals surface area contributed by atoms with E-state index in [1.54, 1.807) is 29.5 Å². The number of nitrogens with one attached hydrogen (secondary N) is 1. The van der Waals surface area contributed by atoms with Crippen molar-refractivity contribution in [2.24, 2.45) is 0 Å². The largest absolute Gasteiger partial charge is 0.380 e. The Bertz CT molecular complexity index is 726. The minimum absolute atomic E-state index is 0.211. The molecule has 2 nitrogen and oxygen atoms in total. The summed E-state index contributed by atoms with van der Waals surface area (Å²) in [5.41, 5.74) is 2.36. The molecule has 0 atom stereocenters.